The summed E-state index contributed by atoms with van der Waals surface area (Å²) in [6.45, 7) is 1.49. The van der Waals surface area contributed by atoms with Gasteiger partial charge in [-0.05, 0) is 6.07 Å². The lowest BCUT2D eigenvalue weighted by atomic mass is 10.3. The number of likely N-dealkylation sites (N-methyl/N-ethyl adjacent to an activating group) is 1. The average Bonchev–Trinajstić information content (AvgIpc) is 2.71. The van der Waals surface area contributed by atoms with E-state index in [1.54, 1.807) is 22.9 Å². The van der Waals surface area contributed by atoms with E-state index in [0.29, 0.717) is 19.0 Å². The molecule has 0 unspecified atom stereocenters. The molecule has 6 heteroatoms. The van der Waals surface area contributed by atoms with Gasteiger partial charge >= 0.3 is 5.97 Å². The van der Waals surface area contributed by atoms with Crippen molar-refractivity contribution in [3.05, 3.63) is 17.9 Å². The van der Waals surface area contributed by atoms with E-state index in [9.17, 15) is 9.59 Å². The van der Waals surface area contributed by atoms with Crippen molar-refractivity contribution in [3.63, 3.8) is 0 Å². The van der Waals surface area contributed by atoms with E-state index < -0.39 is 5.97 Å². The van der Waals surface area contributed by atoms with Crippen molar-refractivity contribution in [3.8, 4) is 0 Å². The molecule has 0 saturated carbocycles. The molecule has 0 aromatic carbocycles. The van der Waals surface area contributed by atoms with Crippen molar-refractivity contribution in [2.24, 2.45) is 0 Å². The maximum absolute atomic E-state index is 11.4. The monoisotopic (exact) mass is 224 g/mol. The fourth-order valence-electron chi connectivity index (χ4n) is 1.56. The lowest BCUT2D eigenvalue weighted by Crippen LogP contribution is -2.48. The molecule has 2 rings (SSSR count). The zero-order chi connectivity index (χ0) is 11.7. The van der Waals surface area contributed by atoms with Crippen LogP contribution in [0.2, 0.25) is 0 Å². The third kappa shape index (κ3) is 1.86. The number of carboxylic acids is 1. The summed E-state index contributed by atoms with van der Waals surface area (Å²) in [6, 6.07) is 2.96. The van der Waals surface area contributed by atoms with Gasteiger partial charge in [-0.25, -0.2) is 4.79 Å². The van der Waals surface area contributed by atoms with Gasteiger partial charge in [0.05, 0.1) is 6.54 Å². The summed E-state index contributed by atoms with van der Waals surface area (Å²) >= 11 is 0. The zero-order valence-electron chi connectivity index (χ0n) is 8.84. The van der Waals surface area contributed by atoms with E-state index in [1.165, 1.54) is 6.07 Å². The minimum absolute atomic E-state index is 0.000440. The molecule has 2 heterocycles. The SMILES string of the molecule is CN1CCN(c2ccc(C(=O)O)o2)CC1=O. The van der Waals surface area contributed by atoms with E-state index in [-0.39, 0.29) is 18.2 Å². The number of aromatic carboxylic acids is 1. The number of rotatable bonds is 2. The van der Waals surface area contributed by atoms with Gasteiger partial charge in [0, 0.05) is 26.2 Å². The molecule has 1 N–H and O–H groups in total. The number of hydrogen-bond donors (Lipinski definition) is 1. The number of carbonyl (C=O) groups is 2. The molecular weight excluding hydrogens is 212 g/mol. The Balaban J connectivity index is 2.12. The minimum Gasteiger partial charge on any atom is -0.475 e. The zero-order valence-corrected chi connectivity index (χ0v) is 8.84. The Kier molecular flexibility index (Phi) is 2.55. The Labute approximate surface area is 92.0 Å². The van der Waals surface area contributed by atoms with Crippen LogP contribution in [0.5, 0.6) is 0 Å². The highest BCUT2D eigenvalue weighted by Crippen LogP contribution is 2.20. The second kappa shape index (κ2) is 3.88. The molecule has 86 valence electrons. The van der Waals surface area contributed by atoms with Gasteiger partial charge in [0.25, 0.3) is 0 Å². The van der Waals surface area contributed by atoms with Crippen LogP contribution in [-0.2, 0) is 4.79 Å². The van der Waals surface area contributed by atoms with Gasteiger partial charge in [-0.15, -0.1) is 0 Å². The Hall–Kier alpha value is -1.98. The Morgan fingerprint density at radius 2 is 2.19 bits per heavy atom. The van der Waals surface area contributed by atoms with Crippen molar-refractivity contribution in [2.45, 2.75) is 0 Å². The van der Waals surface area contributed by atoms with Gasteiger partial charge in [0.15, 0.2) is 5.88 Å². The molecule has 1 fully saturated rings. The number of nitrogens with zero attached hydrogens (tertiary/aromatic N) is 2. The Morgan fingerprint density at radius 1 is 1.44 bits per heavy atom. The van der Waals surface area contributed by atoms with Crippen molar-refractivity contribution in [1.29, 1.82) is 0 Å². The molecule has 1 aromatic rings. The van der Waals surface area contributed by atoms with E-state index in [2.05, 4.69) is 0 Å². The molecule has 1 aliphatic heterocycles. The lowest BCUT2D eigenvalue weighted by Gasteiger charge is -2.31. The van der Waals surface area contributed by atoms with Crippen molar-refractivity contribution < 1.29 is 19.1 Å². The van der Waals surface area contributed by atoms with Gasteiger partial charge in [-0.2, -0.15) is 0 Å². The van der Waals surface area contributed by atoms with Gasteiger partial charge in [0.2, 0.25) is 11.7 Å². The van der Waals surface area contributed by atoms with Gasteiger partial charge in [0.1, 0.15) is 0 Å². The standard InChI is InChI=1S/C10H12N2O4/c1-11-4-5-12(6-8(11)13)9-3-2-7(16-9)10(14)15/h2-3H,4-6H2,1H3,(H,14,15). The highest BCUT2D eigenvalue weighted by Gasteiger charge is 2.23. The molecule has 1 amide bonds. The minimum atomic E-state index is -1.10. The average molecular weight is 224 g/mol. The molecule has 0 atom stereocenters. The van der Waals surface area contributed by atoms with Crippen LogP contribution < -0.4 is 4.90 Å². The predicted molar refractivity (Wildman–Crippen MR) is 55.5 cm³/mol. The van der Waals surface area contributed by atoms with Crippen LogP contribution in [0.1, 0.15) is 10.6 Å². The number of furan rings is 1. The highest BCUT2D eigenvalue weighted by molar-refractivity contribution is 5.85. The molecule has 16 heavy (non-hydrogen) atoms. The van der Waals surface area contributed by atoms with Crippen LogP contribution in [0.4, 0.5) is 5.88 Å². The van der Waals surface area contributed by atoms with Gasteiger partial charge < -0.3 is 19.3 Å². The summed E-state index contributed by atoms with van der Waals surface area (Å²) in [5.41, 5.74) is 0. The molecule has 1 saturated heterocycles. The fourth-order valence-corrected chi connectivity index (χ4v) is 1.56. The first-order chi connectivity index (χ1) is 7.58. The smallest absolute Gasteiger partial charge is 0.371 e. The Morgan fingerprint density at radius 3 is 2.75 bits per heavy atom. The number of carboxylic acid groups (broad SMARTS) is 1. The molecule has 0 bridgehead atoms. The number of hydrogen-bond acceptors (Lipinski definition) is 4. The maximum Gasteiger partial charge on any atom is 0.371 e. The van der Waals surface area contributed by atoms with Crippen molar-refractivity contribution >= 4 is 17.8 Å². The molecular formula is C10H12N2O4. The molecule has 1 aromatic heterocycles. The lowest BCUT2D eigenvalue weighted by molar-refractivity contribution is -0.129. The molecule has 0 radical (unpaired) electrons. The van der Waals surface area contributed by atoms with E-state index >= 15 is 0 Å². The number of anilines is 1. The highest BCUT2D eigenvalue weighted by atomic mass is 16.4. The normalized spacial score (nSPS) is 16.7. The van der Waals surface area contributed by atoms with Crippen LogP contribution in [0.15, 0.2) is 16.5 Å². The number of carbonyl (C=O) groups excluding carboxylic acids is 1. The first-order valence-corrected chi connectivity index (χ1v) is 4.90. The van der Waals surface area contributed by atoms with Crippen LogP contribution in [0, 0.1) is 0 Å². The molecule has 0 spiro atoms. The quantitative estimate of drug-likeness (QED) is 0.779. The molecule has 0 aliphatic carbocycles. The summed E-state index contributed by atoms with van der Waals surface area (Å²) in [5.74, 6) is -0.786. The van der Waals surface area contributed by atoms with Crippen molar-refractivity contribution in [1.82, 2.24) is 4.90 Å². The Bertz CT molecular complexity index is 426. The first-order valence-electron chi connectivity index (χ1n) is 4.90. The van der Waals surface area contributed by atoms with Crippen LogP contribution in [0.3, 0.4) is 0 Å². The third-order valence-electron chi connectivity index (χ3n) is 2.57. The maximum atomic E-state index is 11.4. The van der Waals surface area contributed by atoms with E-state index in [0.717, 1.165) is 0 Å². The topological polar surface area (TPSA) is 74.0 Å². The molecule has 1 aliphatic rings. The van der Waals surface area contributed by atoms with Gasteiger partial charge in [-0.1, -0.05) is 0 Å². The second-order valence-electron chi connectivity index (χ2n) is 3.68. The summed E-state index contributed by atoms with van der Waals surface area (Å²) in [5, 5.41) is 8.70. The molecule has 6 nitrogen and oxygen atoms in total. The second-order valence-corrected chi connectivity index (χ2v) is 3.68. The summed E-state index contributed by atoms with van der Waals surface area (Å²) in [6.07, 6.45) is 0. The predicted octanol–water partition coefficient (Wildman–Crippen LogP) is 0.256. The summed E-state index contributed by atoms with van der Waals surface area (Å²) < 4.78 is 5.12. The fraction of sp³-hybridized carbons (Fsp3) is 0.400. The van der Waals surface area contributed by atoms with Gasteiger partial charge in [-0.3, -0.25) is 4.79 Å². The third-order valence-corrected chi connectivity index (χ3v) is 2.57. The van der Waals surface area contributed by atoms with Crippen molar-refractivity contribution in [2.75, 3.05) is 31.6 Å². The largest absolute Gasteiger partial charge is 0.475 e. The summed E-state index contributed by atoms with van der Waals surface area (Å²) in [4.78, 5) is 25.4. The number of amides is 1. The summed E-state index contributed by atoms with van der Waals surface area (Å²) in [7, 11) is 1.74. The number of piperazine rings is 1. The van der Waals surface area contributed by atoms with Crippen LogP contribution in [-0.4, -0.2) is 48.6 Å². The van der Waals surface area contributed by atoms with Crippen LogP contribution in [0.25, 0.3) is 0 Å². The first kappa shape index (κ1) is 10.5. The van der Waals surface area contributed by atoms with Crippen LogP contribution >= 0.6 is 0 Å². The van der Waals surface area contributed by atoms with E-state index in [1.807, 2.05) is 0 Å². The van der Waals surface area contributed by atoms with E-state index in [4.69, 9.17) is 9.52 Å².